The first-order valence-corrected chi connectivity index (χ1v) is 8.98. The Balaban J connectivity index is 2.41. The Bertz CT molecular complexity index is 763. The van der Waals surface area contributed by atoms with E-state index in [2.05, 4.69) is 36.6 Å². The van der Waals surface area contributed by atoms with E-state index < -0.39 is 10.0 Å². The second-order valence-corrected chi connectivity index (χ2v) is 7.99. The molecule has 2 rings (SSSR count). The van der Waals surface area contributed by atoms with Crippen molar-refractivity contribution in [2.24, 2.45) is 0 Å². The summed E-state index contributed by atoms with van der Waals surface area (Å²) in [6, 6.07) is 9.98. The van der Waals surface area contributed by atoms with E-state index in [0.717, 1.165) is 10.0 Å². The van der Waals surface area contributed by atoms with Crippen LogP contribution in [0.25, 0.3) is 0 Å². The molecule has 0 aromatic heterocycles. The van der Waals surface area contributed by atoms with Crippen LogP contribution in [0.3, 0.4) is 0 Å². The summed E-state index contributed by atoms with van der Waals surface area (Å²) in [5, 5.41) is 0.363. The largest absolute Gasteiger partial charge is 0.278 e. The lowest BCUT2D eigenvalue weighted by atomic mass is 10.2. The third-order valence-corrected chi connectivity index (χ3v) is 5.70. The van der Waals surface area contributed by atoms with Gasteiger partial charge in [0.25, 0.3) is 10.0 Å². The molecule has 0 saturated heterocycles. The van der Waals surface area contributed by atoms with Crippen molar-refractivity contribution in [1.82, 2.24) is 0 Å². The monoisotopic (exact) mass is 437 g/mol. The van der Waals surface area contributed by atoms with Crippen molar-refractivity contribution < 1.29 is 8.42 Å². The Morgan fingerprint density at radius 3 is 2.40 bits per heavy atom. The average Bonchev–Trinajstić information content (AvgIpc) is 2.32. The number of anilines is 1. The lowest BCUT2D eigenvalue weighted by molar-refractivity contribution is 0.600. The van der Waals surface area contributed by atoms with E-state index in [0.29, 0.717) is 15.2 Å². The van der Waals surface area contributed by atoms with Crippen LogP contribution in [0, 0.1) is 6.92 Å². The number of halogens is 3. The van der Waals surface area contributed by atoms with Gasteiger partial charge in [-0.1, -0.05) is 33.6 Å². The third kappa shape index (κ3) is 3.55. The fourth-order valence-corrected chi connectivity index (χ4v) is 4.76. The Morgan fingerprint density at radius 1 is 1.10 bits per heavy atom. The highest BCUT2D eigenvalue weighted by molar-refractivity contribution is 9.11. The molecule has 0 amide bonds. The maximum absolute atomic E-state index is 12.4. The van der Waals surface area contributed by atoms with E-state index in [-0.39, 0.29) is 4.90 Å². The molecule has 2 aromatic rings. The number of nitrogens with one attached hydrogen (secondary N) is 1. The van der Waals surface area contributed by atoms with E-state index in [4.69, 9.17) is 11.6 Å². The smallest absolute Gasteiger partial charge is 0.263 e. The Kier molecular flexibility index (Phi) is 4.79. The molecule has 0 spiro atoms. The zero-order valence-corrected chi connectivity index (χ0v) is 15.1. The van der Waals surface area contributed by atoms with Crippen LogP contribution >= 0.6 is 43.5 Å². The number of hydrogen-bond donors (Lipinski definition) is 1. The topological polar surface area (TPSA) is 46.2 Å². The number of rotatable bonds is 3. The van der Waals surface area contributed by atoms with Crippen molar-refractivity contribution in [2.45, 2.75) is 11.8 Å². The van der Waals surface area contributed by atoms with Gasteiger partial charge in [0.1, 0.15) is 4.90 Å². The van der Waals surface area contributed by atoms with Gasteiger partial charge < -0.3 is 0 Å². The van der Waals surface area contributed by atoms with Crippen molar-refractivity contribution >= 4 is 59.2 Å². The molecule has 1 N–H and O–H groups in total. The van der Waals surface area contributed by atoms with Crippen LogP contribution in [0.5, 0.6) is 0 Å². The Labute approximate surface area is 139 Å². The summed E-state index contributed by atoms with van der Waals surface area (Å²) in [6.07, 6.45) is 0. The molecular weight excluding hydrogens is 429 g/mol. The highest BCUT2D eigenvalue weighted by Gasteiger charge is 2.19. The van der Waals surface area contributed by atoms with Crippen LogP contribution in [-0.2, 0) is 10.0 Å². The lowest BCUT2D eigenvalue weighted by Gasteiger charge is -2.11. The highest BCUT2D eigenvalue weighted by atomic mass is 79.9. The standard InChI is InChI=1S/C13H10Br2ClNO2S/c1-8-2-4-12(11(16)6-8)17-20(18,19)13-5-3-9(14)7-10(13)15/h2-7,17H,1H3. The van der Waals surface area contributed by atoms with Crippen LogP contribution in [0.4, 0.5) is 5.69 Å². The fraction of sp³-hybridized carbons (Fsp3) is 0.0769. The first-order valence-electron chi connectivity index (χ1n) is 5.53. The predicted octanol–water partition coefficient (Wildman–Crippen LogP) is 4.97. The van der Waals surface area contributed by atoms with Crippen molar-refractivity contribution in [3.63, 3.8) is 0 Å². The summed E-state index contributed by atoms with van der Waals surface area (Å²) < 4.78 is 28.5. The Hall–Kier alpha value is -0.560. The second-order valence-electron chi connectivity index (χ2n) is 4.16. The summed E-state index contributed by atoms with van der Waals surface area (Å²) >= 11 is 12.6. The zero-order chi connectivity index (χ0) is 14.9. The normalized spacial score (nSPS) is 11.4. The number of aryl methyl sites for hydroxylation is 1. The third-order valence-electron chi connectivity index (χ3n) is 2.55. The van der Waals surface area contributed by atoms with Gasteiger partial charge >= 0.3 is 0 Å². The van der Waals surface area contributed by atoms with Gasteiger partial charge in [0.15, 0.2) is 0 Å². The quantitative estimate of drug-likeness (QED) is 0.734. The molecule has 7 heteroatoms. The number of hydrogen-bond acceptors (Lipinski definition) is 2. The van der Waals surface area contributed by atoms with Gasteiger partial charge in [0, 0.05) is 8.95 Å². The van der Waals surface area contributed by atoms with Crippen LogP contribution in [-0.4, -0.2) is 8.42 Å². The number of sulfonamides is 1. The van der Waals surface area contributed by atoms with Gasteiger partial charge in [-0.05, 0) is 58.7 Å². The average molecular weight is 440 g/mol. The van der Waals surface area contributed by atoms with Crippen LogP contribution < -0.4 is 4.72 Å². The van der Waals surface area contributed by atoms with Gasteiger partial charge in [0.05, 0.1) is 10.7 Å². The molecule has 0 aliphatic carbocycles. The molecule has 20 heavy (non-hydrogen) atoms. The molecule has 0 bridgehead atoms. The molecular formula is C13H10Br2ClNO2S. The number of benzene rings is 2. The molecule has 0 saturated carbocycles. The first-order chi connectivity index (χ1) is 9.29. The minimum Gasteiger partial charge on any atom is -0.278 e. The maximum atomic E-state index is 12.4. The second kappa shape index (κ2) is 6.05. The molecule has 0 heterocycles. The van der Waals surface area contributed by atoms with Crippen molar-refractivity contribution in [3.8, 4) is 0 Å². The summed E-state index contributed by atoms with van der Waals surface area (Å²) in [7, 11) is -3.70. The highest BCUT2D eigenvalue weighted by Crippen LogP contribution is 2.29. The van der Waals surface area contributed by atoms with E-state index in [1.807, 2.05) is 6.92 Å². The summed E-state index contributed by atoms with van der Waals surface area (Å²) in [5.74, 6) is 0. The van der Waals surface area contributed by atoms with E-state index in [1.54, 1.807) is 30.3 Å². The fourth-order valence-electron chi connectivity index (χ4n) is 1.60. The molecule has 0 atom stereocenters. The van der Waals surface area contributed by atoms with Gasteiger partial charge in [-0.2, -0.15) is 0 Å². The minimum absolute atomic E-state index is 0.150. The minimum atomic E-state index is -3.70. The van der Waals surface area contributed by atoms with Gasteiger partial charge in [-0.3, -0.25) is 4.72 Å². The van der Waals surface area contributed by atoms with Crippen LogP contribution in [0.1, 0.15) is 5.56 Å². The summed E-state index contributed by atoms with van der Waals surface area (Å²) in [4.78, 5) is 0.150. The van der Waals surface area contributed by atoms with Gasteiger partial charge in [-0.25, -0.2) is 8.42 Å². The van der Waals surface area contributed by atoms with Crippen LogP contribution in [0.15, 0.2) is 50.2 Å². The molecule has 0 aliphatic rings. The zero-order valence-electron chi connectivity index (χ0n) is 10.3. The van der Waals surface area contributed by atoms with Crippen molar-refractivity contribution in [1.29, 1.82) is 0 Å². The Morgan fingerprint density at radius 2 is 1.80 bits per heavy atom. The molecule has 0 radical (unpaired) electrons. The van der Waals surface area contributed by atoms with Gasteiger partial charge in [-0.15, -0.1) is 0 Å². The molecule has 0 fully saturated rings. The molecule has 3 nitrogen and oxygen atoms in total. The maximum Gasteiger partial charge on any atom is 0.263 e. The van der Waals surface area contributed by atoms with E-state index >= 15 is 0 Å². The molecule has 106 valence electrons. The SMILES string of the molecule is Cc1ccc(NS(=O)(=O)c2ccc(Br)cc2Br)c(Cl)c1. The summed E-state index contributed by atoms with van der Waals surface area (Å²) in [6.45, 7) is 1.88. The molecule has 0 unspecified atom stereocenters. The molecule has 0 aliphatic heterocycles. The lowest BCUT2D eigenvalue weighted by Crippen LogP contribution is -2.13. The van der Waals surface area contributed by atoms with E-state index in [1.165, 1.54) is 6.07 Å². The van der Waals surface area contributed by atoms with Crippen molar-refractivity contribution in [3.05, 3.63) is 55.9 Å². The van der Waals surface area contributed by atoms with Crippen LogP contribution in [0.2, 0.25) is 5.02 Å². The van der Waals surface area contributed by atoms with Crippen molar-refractivity contribution in [2.75, 3.05) is 4.72 Å². The van der Waals surface area contributed by atoms with E-state index in [9.17, 15) is 8.42 Å². The molecule has 2 aromatic carbocycles. The first kappa shape index (κ1) is 15.8. The van der Waals surface area contributed by atoms with Gasteiger partial charge in [0.2, 0.25) is 0 Å². The summed E-state index contributed by atoms with van der Waals surface area (Å²) in [5.41, 5.74) is 1.31. The predicted molar refractivity (Wildman–Crippen MR) is 88.8 cm³/mol.